The summed E-state index contributed by atoms with van der Waals surface area (Å²) in [6.07, 6.45) is 3.45. The highest BCUT2D eigenvalue weighted by molar-refractivity contribution is 6.30. The SMILES string of the molecule is CN1CCc2[nH]cnc2C12CCN(C(=O)Nc1ccc(Cl)cc1F)C2. The maximum Gasteiger partial charge on any atom is 0.322 e. The van der Waals surface area contributed by atoms with Crippen LogP contribution in [0.2, 0.25) is 5.02 Å². The van der Waals surface area contributed by atoms with Crippen molar-refractivity contribution in [2.75, 3.05) is 32.0 Å². The number of carbonyl (C=O) groups excluding carboxylic acids is 1. The Labute approximate surface area is 150 Å². The molecule has 4 rings (SSSR count). The zero-order chi connectivity index (χ0) is 17.6. The van der Waals surface area contributed by atoms with Crippen LogP contribution < -0.4 is 5.32 Å². The summed E-state index contributed by atoms with van der Waals surface area (Å²) >= 11 is 5.75. The highest BCUT2D eigenvalue weighted by Gasteiger charge is 2.48. The summed E-state index contributed by atoms with van der Waals surface area (Å²) in [6, 6.07) is 3.90. The van der Waals surface area contributed by atoms with E-state index < -0.39 is 5.82 Å². The van der Waals surface area contributed by atoms with Crippen molar-refractivity contribution in [3.8, 4) is 0 Å². The minimum absolute atomic E-state index is 0.132. The van der Waals surface area contributed by atoms with Gasteiger partial charge in [0.25, 0.3) is 0 Å². The molecule has 8 heteroatoms. The van der Waals surface area contributed by atoms with Crippen molar-refractivity contribution in [3.05, 3.63) is 46.8 Å². The first kappa shape index (κ1) is 16.4. The highest BCUT2D eigenvalue weighted by Crippen LogP contribution is 2.40. The van der Waals surface area contributed by atoms with Crippen LogP contribution in [0.5, 0.6) is 0 Å². The highest BCUT2D eigenvalue weighted by atomic mass is 35.5. The van der Waals surface area contributed by atoms with Gasteiger partial charge in [0.15, 0.2) is 0 Å². The van der Waals surface area contributed by atoms with Crippen LogP contribution in [0.25, 0.3) is 0 Å². The number of benzene rings is 1. The number of rotatable bonds is 1. The first-order valence-corrected chi connectivity index (χ1v) is 8.62. The van der Waals surface area contributed by atoms with Crippen molar-refractivity contribution in [2.45, 2.75) is 18.4 Å². The van der Waals surface area contributed by atoms with Crippen LogP contribution in [-0.4, -0.2) is 52.5 Å². The lowest BCUT2D eigenvalue weighted by Crippen LogP contribution is -2.51. The number of aromatic amines is 1. The van der Waals surface area contributed by atoms with Crippen molar-refractivity contribution < 1.29 is 9.18 Å². The standard InChI is InChI=1S/C17H19ClFN5O/c1-23-6-4-14-15(21-10-20-14)17(23)5-7-24(9-17)16(25)22-13-3-2-11(18)8-12(13)19/h2-3,8,10H,4-7,9H2,1H3,(H,20,21)(H,22,25). The molecular formula is C17H19ClFN5O. The summed E-state index contributed by atoms with van der Waals surface area (Å²) in [5, 5.41) is 2.94. The summed E-state index contributed by atoms with van der Waals surface area (Å²) in [6.45, 7) is 2.04. The second-order valence-corrected chi connectivity index (χ2v) is 7.10. The predicted molar refractivity (Wildman–Crippen MR) is 93.2 cm³/mol. The van der Waals surface area contributed by atoms with Gasteiger partial charge in [-0.1, -0.05) is 11.6 Å². The molecule has 132 valence electrons. The minimum Gasteiger partial charge on any atom is -0.348 e. The van der Waals surface area contributed by atoms with E-state index in [9.17, 15) is 9.18 Å². The van der Waals surface area contributed by atoms with Gasteiger partial charge in [-0.2, -0.15) is 0 Å². The summed E-state index contributed by atoms with van der Waals surface area (Å²) < 4.78 is 13.9. The molecule has 1 fully saturated rings. The third-order valence-electron chi connectivity index (χ3n) is 5.29. The van der Waals surface area contributed by atoms with Gasteiger partial charge in [-0.3, -0.25) is 4.90 Å². The molecule has 2 N–H and O–H groups in total. The van der Waals surface area contributed by atoms with Gasteiger partial charge in [0.1, 0.15) is 5.82 Å². The Balaban J connectivity index is 1.54. The number of halogens is 2. The fourth-order valence-corrected chi connectivity index (χ4v) is 4.00. The van der Waals surface area contributed by atoms with Crippen molar-refractivity contribution in [2.24, 2.45) is 0 Å². The Morgan fingerprint density at radius 1 is 1.44 bits per heavy atom. The molecule has 1 atom stereocenters. The number of nitrogens with one attached hydrogen (secondary N) is 2. The third kappa shape index (κ3) is 2.67. The minimum atomic E-state index is -0.542. The first-order valence-electron chi connectivity index (χ1n) is 8.24. The molecule has 0 bridgehead atoms. The number of fused-ring (bicyclic) bond motifs is 2. The molecule has 1 aromatic carbocycles. The smallest absolute Gasteiger partial charge is 0.322 e. The number of imidazole rings is 1. The van der Waals surface area contributed by atoms with E-state index in [2.05, 4.69) is 27.2 Å². The maximum absolute atomic E-state index is 13.9. The number of urea groups is 1. The second kappa shape index (κ2) is 6.00. The quantitative estimate of drug-likeness (QED) is 0.819. The fraction of sp³-hybridized carbons (Fsp3) is 0.412. The van der Waals surface area contributed by atoms with Crippen molar-refractivity contribution in [1.82, 2.24) is 19.8 Å². The van der Waals surface area contributed by atoms with E-state index in [1.807, 2.05) is 0 Å². The number of hydrogen-bond donors (Lipinski definition) is 2. The molecule has 1 spiro atoms. The van der Waals surface area contributed by atoms with E-state index in [0.29, 0.717) is 18.1 Å². The molecule has 25 heavy (non-hydrogen) atoms. The van der Waals surface area contributed by atoms with Gasteiger partial charge in [0.05, 0.1) is 23.2 Å². The summed E-state index contributed by atoms with van der Waals surface area (Å²) in [4.78, 5) is 24.3. The molecule has 1 saturated heterocycles. The number of aromatic nitrogens is 2. The molecule has 2 aliphatic heterocycles. The van der Waals surface area contributed by atoms with Crippen LogP contribution in [0.15, 0.2) is 24.5 Å². The molecule has 0 saturated carbocycles. The average Bonchev–Trinajstić information content (AvgIpc) is 3.22. The average molecular weight is 364 g/mol. The Bertz CT molecular complexity index is 825. The number of amides is 2. The van der Waals surface area contributed by atoms with Crippen LogP contribution in [0.3, 0.4) is 0 Å². The number of anilines is 1. The zero-order valence-electron chi connectivity index (χ0n) is 13.9. The number of likely N-dealkylation sites (tertiary alicyclic amines) is 1. The van der Waals surface area contributed by atoms with E-state index in [1.165, 1.54) is 12.1 Å². The Morgan fingerprint density at radius 2 is 2.28 bits per heavy atom. The van der Waals surface area contributed by atoms with Crippen molar-refractivity contribution in [1.29, 1.82) is 0 Å². The Morgan fingerprint density at radius 3 is 3.08 bits per heavy atom. The molecule has 1 unspecified atom stereocenters. The normalized spacial score (nSPS) is 23.1. The molecule has 1 aromatic heterocycles. The summed E-state index contributed by atoms with van der Waals surface area (Å²) in [7, 11) is 2.07. The van der Waals surface area contributed by atoms with Gasteiger partial charge in [-0.05, 0) is 31.7 Å². The number of nitrogens with zero attached hydrogens (tertiary/aromatic N) is 3. The summed E-state index contributed by atoms with van der Waals surface area (Å²) in [5.74, 6) is -0.542. The molecule has 6 nitrogen and oxygen atoms in total. The molecular weight excluding hydrogens is 345 g/mol. The van der Waals surface area contributed by atoms with Gasteiger partial charge in [0, 0.05) is 36.8 Å². The van der Waals surface area contributed by atoms with E-state index in [1.54, 1.807) is 17.3 Å². The van der Waals surface area contributed by atoms with E-state index >= 15 is 0 Å². The van der Waals surface area contributed by atoms with Gasteiger partial charge in [-0.15, -0.1) is 0 Å². The molecule has 2 aliphatic rings. The van der Waals surface area contributed by atoms with Crippen LogP contribution >= 0.6 is 11.6 Å². The molecule has 0 radical (unpaired) electrons. The van der Waals surface area contributed by atoms with Gasteiger partial charge in [-0.25, -0.2) is 14.2 Å². The first-order chi connectivity index (χ1) is 12.0. The second-order valence-electron chi connectivity index (χ2n) is 6.66. The summed E-state index contributed by atoms with van der Waals surface area (Å²) in [5.41, 5.74) is 2.02. The van der Waals surface area contributed by atoms with Gasteiger partial charge < -0.3 is 15.2 Å². The lowest BCUT2D eigenvalue weighted by molar-refractivity contribution is 0.109. The monoisotopic (exact) mass is 363 g/mol. The van der Waals surface area contributed by atoms with E-state index in [4.69, 9.17) is 11.6 Å². The van der Waals surface area contributed by atoms with Crippen molar-refractivity contribution >= 4 is 23.3 Å². The Kier molecular flexibility index (Phi) is 3.92. The molecule has 3 heterocycles. The Hall–Kier alpha value is -2.12. The number of hydrogen-bond acceptors (Lipinski definition) is 3. The lowest BCUT2D eigenvalue weighted by atomic mass is 9.87. The predicted octanol–water partition coefficient (Wildman–Crippen LogP) is 2.82. The van der Waals surface area contributed by atoms with Crippen molar-refractivity contribution in [3.63, 3.8) is 0 Å². The topological polar surface area (TPSA) is 64.3 Å². The van der Waals surface area contributed by atoms with Crippen LogP contribution in [0, 0.1) is 5.82 Å². The number of carbonyl (C=O) groups is 1. The lowest BCUT2D eigenvalue weighted by Gasteiger charge is -2.41. The van der Waals surface area contributed by atoms with Gasteiger partial charge in [0.2, 0.25) is 0 Å². The van der Waals surface area contributed by atoms with Crippen LogP contribution in [0.4, 0.5) is 14.9 Å². The number of H-pyrrole nitrogens is 1. The molecule has 2 aromatic rings. The largest absolute Gasteiger partial charge is 0.348 e. The third-order valence-corrected chi connectivity index (χ3v) is 5.53. The maximum atomic E-state index is 13.9. The molecule has 0 aliphatic carbocycles. The van der Waals surface area contributed by atoms with Gasteiger partial charge >= 0.3 is 6.03 Å². The molecule has 2 amide bonds. The van der Waals surface area contributed by atoms with E-state index in [0.717, 1.165) is 30.8 Å². The fourth-order valence-electron chi connectivity index (χ4n) is 3.84. The van der Waals surface area contributed by atoms with Crippen LogP contribution in [0.1, 0.15) is 17.8 Å². The zero-order valence-corrected chi connectivity index (χ0v) is 14.6. The number of likely N-dealkylation sites (N-methyl/N-ethyl adjacent to an activating group) is 1. The van der Waals surface area contributed by atoms with Crippen LogP contribution in [-0.2, 0) is 12.0 Å². The van der Waals surface area contributed by atoms with E-state index in [-0.39, 0.29) is 17.3 Å².